The molecule has 2 N–H and O–H groups in total. The quantitative estimate of drug-likeness (QED) is 0.890. The number of amides is 2. The lowest BCUT2D eigenvalue weighted by Crippen LogP contribution is -2.51. The van der Waals surface area contributed by atoms with Gasteiger partial charge in [0.2, 0.25) is 5.91 Å². The number of aromatic hydroxyl groups is 2. The van der Waals surface area contributed by atoms with Crippen LogP contribution in [0, 0.1) is 0 Å². The second-order valence-electron chi connectivity index (χ2n) is 6.07. The van der Waals surface area contributed by atoms with Crippen molar-refractivity contribution in [2.45, 2.75) is 6.42 Å². The second-order valence-corrected chi connectivity index (χ2v) is 6.07. The van der Waals surface area contributed by atoms with Crippen molar-refractivity contribution in [2.75, 3.05) is 26.2 Å². The minimum Gasteiger partial charge on any atom is -0.508 e. The molecule has 0 saturated carbocycles. The zero-order valence-electron chi connectivity index (χ0n) is 13.8. The summed E-state index contributed by atoms with van der Waals surface area (Å²) >= 11 is 0. The highest BCUT2D eigenvalue weighted by Gasteiger charge is 2.25. The summed E-state index contributed by atoms with van der Waals surface area (Å²) in [6.07, 6.45) is 0.356. The maximum Gasteiger partial charge on any atom is 0.254 e. The van der Waals surface area contributed by atoms with E-state index >= 15 is 0 Å². The van der Waals surface area contributed by atoms with Crippen LogP contribution in [0.1, 0.15) is 15.9 Å². The van der Waals surface area contributed by atoms with Gasteiger partial charge in [0, 0.05) is 37.8 Å². The molecule has 1 aliphatic heterocycles. The van der Waals surface area contributed by atoms with Gasteiger partial charge in [-0.05, 0) is 17.7 Å². The van der Waals surface area contributed by atoms with Gasteiger partial charge in [-0.1, -0.05) is 30.3 Å². The van der Waals surface area contributed by atoms with Crippen molar-refractivity contribution in [3.8, 4) is 11.5 Å². The van der Waals surface area contributed by atoms with Crippen LogP contribution in [-0.4, -0.2) is 58.0 Å². The fourth-order valence-corrected chi connectivity index (χ4v) is 2.94. The van der Waals surface area contributed by atoms with Crippen LogP contribution in [0.15, 0.2) is 48.5 Å². The first-order chi connectivity index (χ1) is 12.0. The van der Waals surface area contributed by atoms with E-state index in [2.05, 4.69) is 0 Å². The largest absolute Gasteiger partial charge is 0.508 e. The molecule has 0 aromatic heterocycles. The van der Waals surface area contributed by atoms with E-state index in [-0.39, 0.29) is 28.9 Å². The zero-order chi connectivity index (χ0) is 17.8. The predicted octanol–water partition coefficient (Wildman–Crippen LogP) is 1.62. The normalized spacial score (nSPS) is 14.4. The van der Waals surface area contributed by atoms with E-state index in [9.17, 15) is 19.8 Å². The van der Waals surface area contributed by atoms with Crippen molar-refractivity contribution in [1.82, 2.24) is 9.80 Å². The molecule has 1 fully saturated rings. The molecule has 2 amide bonds. The zero-order valence-corrected chi connectivity index (χ0v) is 13.8. The van der Waals surface area contributed by atoms with Gasteiger partial charge in [-0.25, -0.2) is 0 Å². The number of benzene rings is 2. The molecular weight excluding hydrogens is 320 g/mol. The summed E-state index contributed by atoms with van der Waals surface area (Å²) < 4.78 is 0. The predicted molar refractivity (Wildman–Crippen MR) is 92.4 cm³/mol. The summed E-state index contributed by atoms with van der Waals surface area (Å²) in [7, 11) is 0. The molecule has 130 valence electrons. The number of phenolic OH excluding ortho intramolecular Hbond substituents is 2. The number of carbonyl (C=O) groups is 2. The molecule has 2 aromatic carbocycles. The van der Waals surface area contributed by atoms with Crippen molar-refractivity contribution < 1.29 is 19.8 Å². The molecule has 6 nitrogen and oxygen atoms in total. The van der Waals surface area contributed by atoms with Crippen molar-refractivity contribution >= 4 is 11.8 Å². The fraction of sp³-hybridized carbons (Fsp3) is 0.263. The maximum absolute atomic E-state index is 12.5. The lowest BCUT2D eigenvalue weighted by Gasteiger charge is -2.35. The highest BCUT2D eigenvalue weighted by atomic mass is 16.3. The molecule has 0 atom stereocenters. The molecule has 1 heterocycles. The third-order valence-electron chi connectivity index (χ3n) is 4.27. The number of carbonyl (C=O) groups excluding carboxylic acids is 2. The van der Waals surface area contributed by atoms with Crippen LogP contribution >= 0.6 is 0 Å². The lowest BCUT2D eigenvalue weighted by molar-refractivity contribution is -0.131. The first-order valence-corrected chi connectivity index (χ1v) is 8.17. The van der Waals surface area contributed by atoms with Crippen LogP contribution in [0.25, 0.3) is 0 Å². The van der Waals surface area contributed by atoms with Gasteiger partial charge in [0.25, 0.3) is 5.91 Å². The number of piperazine rings is 1. The van der Waals surface area contributed by atoms with E-state index in [4.69, 9.17) is 0 Å². The molecule has 2 aromatic rings. The summed E-state index contributed by atoms with van der Waals surface area (Å²) in [6, 6.07) is 13.4. The van der Waals surface area contributed by atoms with Gasteiger partial charge in [-0.2, -0.15) is 0 Å². The molecule has 3 rings (SSSR count). The molecule has 0 spiro atoms. The van der Waals surface area contributed by atoms with Crippen molar-refractivity contribution in [1.29, 1.82) is 0 Å². The lowest BCUT2D eigenvalue weighted by atomic mass is 10.1. The number of hydrogen-bond acceptors (Lipinski definition) is 4. The van der Waals surface area contributed by atoms with Crippen LogP contribution in [0.3, 0.4) is 0 Å². The van der Waals surface area contributed by atoms with E-state index < -0.39 is 0 Å². The topological polar surface area (TPSA) is 81.1 Å². The maximum atomic E-state index is 12.5. The van der Waals surface area contributed by atoms with Gasteiger partial charge in [0.15, 0.2) is 0 Å². The van der Waals surface area contributed by atoms with Crippen molar-refractivity contribution in [3.05, 3.63) is 59.7 Å². The first kappa shape index (κ1) is 16.8. The SMILES string of the molecule is O=C(Cc1ccccc1)N1CCN(C(=O)c2cc(O)cc(O)c2)CC1. The Kier molecular flexibility index (Phi) is 4.88. The molecular formula is C19H20N2O4. The van der Waals surface area contributed by atoms with Gasteiger partial charge < -0.3 is 20.0 Å². The molecule has 0 unspecified atom stereocenters. The molecule has 25 heavy (non-hydrogen) atoms. The van der Waals surface area contributed by atoms with Crippen LogP contribution in [0.4, 0.5) is 0 Å². The Hall–Kier alpha value is -3.02. The van der Waals surface area contributed by atoms with E-state index in [1.807, 2.05) is 30.3 Å². The molecule has 0 bridgehead atoms. The Bertz CT molecular complexity index is 748. The molecule has 6 heteroatoms. The molecule has 1 saturated heterocycles. The van der Waals surface area contributed by atoms with Crippen molar-refractivity contribution in [2.24, 2.45) is 0 Å². The third-order valence-corrected chi connectivity index (χ3v) is 4.27. The Labute approximate surface area is 145 Å². The number of rotatable bonds is 3. The average Bonchev–Trinajstić information content (AvgIpc) is 2.61. The minimum atomic E-state index is -0.263. The standard InChI is InChI=1S/C19H20N2O4/c22-16-11-15(12-17(23)13-16)19(25)21-8-6-20(7-9-21)18(24)10-14-4-2-1-3-5-14/h1-5,11-13,22-23H,6-10H2. The smallest absolute Gasteiger partial charge is 0.254 e. The summed E-state index contributed by atoms with van der Waals surface area (Å²) in [6.45, 7) is 1.80. The second kappa shape index (κ2) is 7.25. The highest BCUT2D eigenvalue weighted by Crippen LogP contribution is 2.22. The van der Waals surface area contributed by atoms with E-state index in [1.54, 1.807) is 9.80 Å². The van der Waals surface area contributed by atoms with Gasteiger partial charge in [-0.15, -0.1) is 0 Å². The highest BCUT2D eigenvalue weighted by molar-refractivity contribution is 5.95. The summed E-state index contributed by atoms with van der Waals surface area (Å²) in [5.41, 5.74) is 1.21. The summed E-state index contributed by atoms with van der Waals surface area (Å²) in [4.78, 5) is 28.2. The van der Waals surface area contributed by atoms with Gasteiger partial charge in [0.1, 0.15) is 11.5 Å². The molecule has 1 aliphatic rings. The first-order valence-electron chi connectivity index (χ1n) is 8.17. The minimum absolute atomic E-state index is 0.0494. The van der Waals surface area contributed by atoms with Gasteiger partial charge >= 0.3 is 0 Å². The molecule has 0 radical (unpaired) electrons. The van der Waals surface area contributed by atoms with Crippen LogP contribution in [0.5, 0.6) is 11.5 Å². The molecule has 0 aliphatic carbocycles. The van der Waals surface area contributed by atoms with Gasteiger partial charge in [0.05, 0.1) is 6.42 Å². The Balaban J connectivity index is 1.58. The average molecular weight is 340 g/mol. The number of nitrogens with zero attached hydrogens (tertiary/aromatic N) is 2. The fourth-order valence-electron chi connectivity index (χ4n) is 2.94. The summed E-state index contributed by atoms with van der Waals surface area (Å²) in [5.74, 6) is -0.519. The third kappa shape index (κ3) is 4.09. The monoisotopic (exact) mass is 340 g/mol. The Morgan fingerprint density at radius 2 is 1.40 bits per heavy atom. The Morgan fingerprint density at radius 1 is 0.840 bits per heavy atom. The van der Waals surface area contributed by atoms with E-state index in [1.165, 1.54) is 18.2 Å². The Morgan fingerprint density at radius 3 is 2.00 bits per heavy atom. The van der Waals surface area contributed by atoms with E-state index in [0.29, 0.717) is 32.6 Å². The van der Waals surface area contributed by atoms with Crippen LogP contribution in [0.2, 0.25) is 0 Å². The summed E-state index contributed by atoms with van der Waals surface area (Å²) in [5, 5.41) is 19.0. The van der Waals surface area contributed by atoms with Crippen molar-refractivity contribution in [3.63, 3.8) is 0 Å². The number of phenols is 2. The number of hydrogen-bond donors (Lipinski definition) is 2. The van der Waals surface area contributed by atoms with Gasteiger partial charge in [-0.3, -0.25) is 9.59 Å². The van der Waals surface area contributed by atoms with Crippen LogP contribution in [-0.2, 0) is 11.2 Å². The van der Waals surface area contributed by atoms with E-state index in [0.717, 1.165) is 5.56 Å². The van der Waals surface area contributed by atoms with Crippen LogP contribution < -0.4 is 0 Å².